The van der Waals surface area contributed by atoms with Crippen LogP contribution in [0.1, 0.15) is 22.3 Å². The number of nitrogens with zero attached hydrogens (tertiary/aromatic N) is 2. The molecule has 4 heterocycles. The van der Waals surface area contributed by atoms with Gasteiger partial charge in [0, 0.05) is 35.1 Å². The molecule has 1 amide bonds. The number of nitrogens with two attached hydrogens (primary N) is 1. The van der Waals surface area contributed by atoms with Crippen molar-refractivity contribution in [2.24, 2.45) is 5.73 Å². The molecule has 0 bridgehead atoms. The van der Waals surface area contributed by atoms with E-state index < -0.39 is 24.5 Å². The number of carbonyl (C=O) groups excluding carboxylic acids is 1. The first-order valence-electron chi connectivity index (χ1n) is 14.7. The van der Waals surface area contributed by atoms with Crippen LogP contribution >= 0.6 is 0 Å². The molecule has 12 nitrogen and oxygen atoms in total. The number of primary amides is 1. The Kier molecular flexibility index (Phi) is 10.2. The first kappa shape index (κ1) is 32.5. The lowest BCUT2D eigenvalue weighted by molar-refractivity contribution is -0.131. The average Bonchev–Trinajstić information content (AvgIpc) is 3.73. The number of hydrogen-bond donors (Lipinski definition) is 2. The van der Waals surface area contributed by atoms with Crippen LogP contribution in [0.3, 0.4) is 0 Å². The number of fused-ring (bicyclic) bond motifs is 2. The second-order valence-corrected chi connectivity index (χ2v) is 10.9. The van der Waals surface area contributed by atoms with Crippen molar-refractivity contribution in [1.82, 2.24) is 9.13 Å². The third kappa shape index (κ3) is 7.85. The van der Waals surface area contributed by atoms with Gasteiger partial charge in [0.2, 0.25) is 5.91 Å². The summed E-state index contributed by atoms with van der Waals surface area (Å²) in [6.07, 6.45) is 4.44. The largest absolute Gasteiger partial charge is 0.478 e. The fourth-order valence-electron chi connectivity index (χ4n) is 5.34. The molecular weight excluding hydrogens is 594 g/mol. The summed E-state index contributed by atoms with van der Waals surface area (Å²) in [7, 11) is 0. The Labute approximate surface area is 263 Å². The van der Waals surface area contributed by atoms with Crippen molar-refractivity contribution in [3.8, 4) is 0 Å². The molecule has 12 heteroatoms. The van der Waals surface area contributed by atoms with Gasteiger partial charge in [0.1, 0.15) is 0 Å². The molecule has 2 fully saturated rings. The van der Waals surface area contributed by atoms with E-state index in [0.29, 0.717) is 50.6 Å². The lowest BCUT2D eigenvalue weighted by Gasteiger charge is -2.16. The smallest absolute Gasteiger partial charge is 0.328 e. The zero-order chi connectivity index (χ0) is 32.8. The molecule has 0 aliphatic carbocycles. The molecular formula is C34H35N3O9. The summed E-state index contributed by atoms with van der Waals surface area (Å²) in [5.74, 6) is -1.61. The summed E-state index contributed by atoms with van der Waals surface area (Å²) in [6.45, 7) is 6.66. The number of carbonyl (C=O) groups is 2. The van der Waals surface area contributed by atoms with Gasteiger partial charge in [-0.25, -0.2) is 4.79 Å². The predicted octanol–water partition coefficient (Wildman–Crippen LogP) is 2.96. The Bertz CT molecular complexity index is 1800. The van der Waals surface area contributed by atoms with Crippen molar-refractivity contribution in [3.05, 3.63) is 104 Å². The second-order valence-electron chi connectivity index (χ2n) is 10.9. The van der Waals surface area contributed by atoms with E-state index in [1.807, 2.05) is 50.2 Å². The Morgan fingerprint density at radius 3 is 1.54 bits per heavy atom. The second kappa shape index (κ2) is 14.5. The zero-order valence-electron chi connectivity index (χ0n) is 25.5. The van der Waals surface area contributed by atoms with Crippen LogP contribution in [0, 0.1) is 13.8 Å². The van der Waals surface area contributed by atoms with E-state index in [0.717, 1.165) is 39.0 Å². The highest BCUT2D eigenvalue weighted by Crippen LogP contribution is 2.22. The van der Waals surface area contributed by atoms with Gasteiger partial charge in [0.25, 0.3) is 11.1 Å². The Hall–Kier alpha value is -4.88. The fourth-order valence-corrected chi connectivity index (χ4v) is 5.34. The molecule has 2 aliphatic heterocycles. The quantitative estimate of drug-likeness (QED) is 0.279. The van der Waals surface area contributed by atoms with Gasteiger partial charge >= 0.3 is 5.97 Å². The molecule has 0 atom stereocenters. The van der Waals surface area contributed by atoms with Crippen LogP contribution in [-0.4, -0.2) is 65.1 Å². The van der Waals surface area contributed by atoms with Gasteiger partial charge in [-0.05, 0) is 60.4 Å². The van der Waals surface area contributed by atoms with Gasteiger partial charge in [-0.3, -0.25) is 14.4 Å². The maximum atomic E-state index is 12.5. The van der Waals surface area contributed by atoms with Crippen molar-refractivity contribution < 1.29 is 33.6 Å². The predicted molar refractivity (Wildman–Crippen MR) is 172 cm³/mol. The average molecular weight is 630 g/mol. The summed E-state index contributed by atoms with van der Waals surface area (Å²) < 4.78 is 25.0. The van der Waals surface area contributed by atoms with Crippen molar-refractivity contribution in [3.63, 3.8) is 0 Å². The van der Waals surface area contributed by atoms with E-state index in [2.05, 4.69) is 0 Å². The number of aryl methyl sites for hydroxylation is 2. The van der Waals surface area contributed by atoms with Gasteiger partial charge in [-0.2, -0.15) is 0 Å². The van der Waals surface area contributed by atoms with Crippen LogP contribution in [0.25, 0.3) is 34.0 Å². The molecule has 0 saturated carbocycles. The van der Waals surface area contributed by atoms with Gasteiger partial charge < -0.3 is 38.9 Å². The lowest BCUT2D eigenvalue weighted by Crippen LogP contribution is -2.27. The third-order valence-corrected chi connectivity index (χ3v) is 7.48. The number of amides is 1. The lowest BCUT2D eigenvalue weighted by atomic mass is 10.1. The number of aromatic nitrogens is 2. The highest BCUT2D eigenvalue weighted by atomic mass is 16.7. The highest BCUT2D eigenvalue weighted by Gasteiger charge is 2.20. The summed E-state index contributed by atoms with van der Waals surface area (Å²) >= 11 is 0. The minimum atomic E-state index is -1.05. The Morgan fingerprint density at radius 2 is 1.15 bits per heavy atom. The molecule has 0 radical (unpaired) electrons. The Balaban J connectivity index is 0.000000181. The number of benzene rings is 2. The minimum Gasteiger partial charge on any atom is -0.478 e. The number of carboxylic acids is 1. The normalized spacial score (nSPS) is 15.7. The van der Waals surface area contributed by atoms with E-state index >= 15 is 0 Å². The zero-order valence-corrected chi connectivity index (χ0v) is 25.5. The van der Waals surface area contributed by atoms with Crippen molar-refractivity contribution in [2.75, 3.05) is 26.4 Å². The molecule has 4 aromatic rings. The number of ether oxygens (including phenoxy) is 4. The van der Waals surface area contributed by atoms with Crippen molar-refractivity contribution in [1.29, 1.82) is 0 Å². The molecule has 3 N–H and O–H groups in total. The number of hydrogen-bond acceptors (Lipinski definition) is 8. The van der Waals surface area contributed by atoms with Gasteiger partial charge in [0.05, 0.1) is 50.6 Å². The first-order chi connectivity index (χ1) is 22.1. The molecule has 2 aromatic carbocycles. The minimum absolute atomic E-state index is 0.175. The molecule has 6 rings (SSSR count). The molecule has 2 saturated heterocycles. The highest BCUT2D eigenvalue weighted by molar-refractivity contribution is 5.95. The van der Waals surface area contributed by atoms with Gasteiger partial charge in [-0.1, -0.05) is 24.3 Å². The first-order valence-corrected chi connectivity index (χ1v) is 14.7. The van der Waals surface area contributed by atoms with E-state index in [4.69, 9.17) is 29.8 Å². The summed E-state index contributed by atoms with van der Waals surface area (Å²) in [5.41, 5.74) is 9.56. The van der Waals surface area contributed by atoms with E-state index in [1.54, 1.807) is 15.2 Å². The van der Waals surface area contributed by atoms with Crippen molar-refractivity contribution >= 4 is 45.8 Å². The van der Waals surface area contributed by atoms with Crippen LogP contribution in [-0.2, 0) is 41.6 Å². The van der Waals surface area contributed by atoms with E-state index in [9.17, 15) is 19.2 Å². The third-order valence-electron chi connectivity index (χ3n) is 7.48. The van der Waals surface area contributed by atoms with Gasteiger partial charge in [0.15, 0.2) is 12.6 Å². The van der Waals surface area contributed by atoms with Crippen molar-refractivity contribution in [2.45, 2.75) is 39.5 Å². The van der Waals surface area contributed by atoms with Crippen LogP contribution in [0.2, 0.25) is 0 Å². The maximum absolute atomic E-state index is 12.5. The maximum Gasteiger partial charge on any atom is 0.328 e. The molecule has 240 valence electrons. The monoisotopic (exact) mass is 629 g/mol. The molecule has 2 aromatic heterocycles. The molecule has 2 aliphatic rings. The SMILES string of the molecule is Cc1ccc2c(/C=C/C(=O)O)cc(=O)n(CC3OCCO3)c2c1.Cc1ccc2c(/C=C/C(N)=O)cc(=O)n(CC3OCCO3)c2c1. The van der Waals surface area contributed by atoms with Crippen LogP contribution in [0.5, 0.6) is 0 Å². The molecule has 0 spiro atoms. The summed E-state index contributed by atoms with van der Waals surface area (Å²) in [4.78, 5) is 46.7. The Morgan fingerprint density at radius 1 is 0.739 bits per heavy atom. The number of rotatable bonds is 8. The van der Waals surface area contributed by atoms with Crippen LogP contribution < -0.4 is 16.9 Å². The molecule has 46 heavy (non-hydrogen) atoms. The number of carboxylic acid groups (broad SMARTS) is 1. The topological polar surface area (TPSA) is 161 Å². The van der Waals surface area contributed by atoms with Crippen LogP contribution in [0.4, 0.5) is 0 Å². The fraction of sp³-hybridized carbons (Fsp3) is 0.294. The number of pyridine rings is 2. The van der Waals surface area contributed by atoms with Crippen LogP contribution in [0.15, 0.2) is 70.3 Å². The van der Waals surface area contributed by atoms with E-state index in [-0.39, 0.29) is 11.1 Å². The van der Waals surface area contributed by atoms with E-state index in [1.165, 1.54) is 24.3 Å². The molecule has 0 unspecified atom stereocenters. The van der Waals surface area contributed by atoms with Gasteiger partial charge in [-0.15, -0.1) is 0 Å². The number of aliphatic carboxylic acids is 1. The summed E-state index contributed by atoms with van der Waals surface area (Å²) in [6, 6.07) is 14.5. The summed E-state index contributed by atoms with van der Waals surface area (Å²) in [5, 5.41) is 10.5. The standard InChI is InChI=1S/C17H18N2O4.C17H17NO5/c1-11-2-4-13-12(3-5-15(18)20)9-16(21)19(14(13)8-11)10-17-22-6-7-23-17;1-11-2-4-13-12(3-5-16(20)21)9-15(19)18(14(13)8-11)10-17-22-6-7-23-17/h2-5,8-9,17H,6-7,10H2,1H3,(H2,18,20);2-5,8-9,17H,6-7,10H2,1H3,(H,20,21)/b2*5-3+.